The summed E-state index contributed by atoms with van der Waals surface area (Å²) in [5.74, 6) is 0.629. The number of allylic oxidation sites excluding steroid dienone is 2. The van der Waals surface area contributed by atoms with Crippen molar-refractivity contribution in [2.45, 2.75) is 13.8 Å². The molecule has 3 rings (SSSR count). The molecule has 2 aromatic heterocycles. The van der Waals surface area contributed by atoms with Crippen LogP contribution in [0.2, 0.25) is 0 Å². The molecule has 1 aromatic carbocycles. The molecular formula is C17H16N3O2Rh-. The number of hydrogen-bond donors (Lipinski definition) is 1. The molecule has 0 atom stereocenters. The smallest absolute Gasteiger partial charge is 0.155 e. The summed E-state index contributed by atoms with van der Waals surface area (Å²) >= 11 is 0. The number of aromatic nitrogens is 3. The van der Waals surface area contributed by atoms with Crippen LogP contribution >= 0.6 is 0 Å². The zero-order valence-corrected chi connectivity index (χ0v) is 14.4. The van der Waals surface area contributed by atoms with E-state index in [-0.39, 0.29) is 31.0 Å². The van der Waals surface area contributed by atoms with Crippen LogP contribution in [0.5, 0.6) is 0 Å². The Morgan fingerprint density at radius 2 is 1.83 bits per heavy atom. The van der Waals surface area contributed by atoms with Crippen LogP contribution in [0, 0.1) is 0 Å². The molecule has 6 heteroatoms. The van der Waals surface area contributed by atoms with E-state index in [9.17, 15) is 4.79 Å². The number of fused-ring (bicyclic) bond motifs is 1. The summed E-state index contributed by atoms with van der Waals surface area (Å²) in [4.78, 5) is 23.1. The molecule has 0 spiro atoms. The number of carbonyl (C=O) groups is 1. The van der Waals surface area contributed by atoms with E-state index in [1.807, 2.05) is 42.5 Å². The Bertz CT molecular complexity index is 761. The number of para-hydroxylation sites is 2. The van der Waals surface area contributed by atoms with Crippen molar-refractivity contribution in [3.05, 3.63) is 60.5 Å². The molecule has 0 aliphatic carbocycles. The van der Waals surface area contributed by atoms with Gasteiger partial charge in [-0.3, -0.25) is 9.78 Å². The standard InChI is InChI=1S/C12H8N3.C5H8O2.Rh/c1-2-6-10-9(5-1)14-12(15-10)11-7-3-4-8-13-11;1-4(6)3-5(2)7;/h1-8H;3,6H,1-2H3;/q-1;;/b;4-3-;. The second-order valence-corrected chi connectivity index (χ2v) is 4.65. The Kier molecular flexibility index (Phi) is 7.29. The molecule has 0 fully saturated rings. The molecule has 0 saturated heterocycles. The number of nitrogens with zero attached hydrogens (tertiary/aromatic N) is 3. The van der Waals surface area contributed by atoms with E-state index in [0.29, 0.717) is 5.82 Å². The first-order chi connectivity index (χ1) is 10.6. The van der Waals surface area contributed by atoms with Gasteiger partial charge in [0.1, 0.15) is 0 Å². The summed E-state index contributed by atoms with van der Waals surface area (Å²) in [6.07, 6.45) is 2.91. The Morgan fingerprint density at radius 3 is 2.35 bits per heavy atom. The predicted molar refractivity (Wildman–Crippen MR) is 85.4 cm³/mol. The van der Waals surface area contributed by atoms with Crippen LogP contribution < -0.4 is 4.98 Å². The first kappa shape index (κ1) is 18.7. The summed E-state index contributed by atoms with van der Waals surface area (Å²) in [6, 6.07) is 13.5. The van der Waals surface area contributed by atoms with Crippen LogP contribution in [0.3, 0.4) is 0 Å². The molecule has 1 N–H and O–H groups in total. The monoisotopic (exact) mass is 397 g/mol. The first-order valence-electron chi connectivity index (χ1n) is 6.75. The molecule has 0 aliphatic rings. The zero-order chi connectivity index (χ0) is 15.9. The molecule has 121 valence electrons. The fourth-order valence-corrected chi connectivity index (χ4v) is 1.81. The minimum Gasteiger partial charge on any atom is -0.512 e. The van der Waals surface area contributed by atoms with Crippen molar-refractivity contribution >= 4 is 16.8 Å². The molecule has 23 heavy (non-hydrogen) atoms. The van der Waals surface area contributed by atoms with Crippen molar-refractivity contribution in [1.29, 1.82) is 0 Å². The normalized spacial score (nSPS) is 10.4. The molecule has 0 saturated carbocycles. The average Bonchev–Trinajstić information content (AvgIpc) is 2.91. The van der Waals surface area contributed by atoms with E-state index < -0.39 is 0 Å². The number of rotatable bonds is 2. The molecule has 2 heterocycles. The van der Waals surface area contributed by atoms with Crippen molar-refractivity contribution in [1.82, 2.24) is 15.0 Å². The summed E-state index contributed by atoms with van der Waals surface area (Å²) in [7, 11) is 0. The summed E-state index contributed by atoms with van der Waals surface area (Å²) in [6.45, 7) is 2.85. The summed E-state index contributed by atoms with van der Waals surface area (Å²) in [5.41, 5.74) is 2.64. The zero-order valence-electron chi connectivity index (χ0n) is 12.7. The van der Waals surface area contributed by atoms with Crippen LogP contribution in [-0.2, 0) is 24.3 Å². The van der Waals surface area contributed by atoms with Gasteiger partial charge in [0.05, 0.1) is 11.5 Å². The van der Waals surface area contributed by atoms with Crippen molar-refractivity contribution in [3.8, 4) is 11.5 Å². The van der Waals surface area contributed by atoms with Gasteiger partial charge in [-0.2, -0.15) is 0 Å². The van der Waals surface area contributed by atoms with Crippen LogP contribution in [0.25, 0.3) is 22.6 Å². The Balaban J connectivity index is 0.000000287. The van der Waals surface area contributed by atoms with Crippen LogP contribution in [0.15, 0.2) is 60.5 Å². The molecule has 5 nitrogen and oxygen atoms in total. The van der Waals surface area contributed by atoms with Crippen molar-refractivity contribution in [2.24, 2.45) is 0 Å². The van der Waals surface area contributed by atoms with Gasteiger partial charge < -0.3 is 15.1 Å². The number of pyridine rings is 1. The minimum atomic E-state index is -0.125. The Labute approximate surface area is 147 Å². The fourth-order valence-electron chi connectivity index (χ4n) is 1.81. The maximum absolute atomic E-state index is 10.0. The van der Waals surface area contributed by atoms with Gasteiger partial charge in [0, 0.05) is 31.8 Å². The summed E-state index contributed by atoms with van der Waals surface area (Å²) in [5, 5.41) is 8.36. The number of hydrogen-bond acceptors (Lipinski definition) is 4. The second kappa shape index (κ2) is 8.96. The van der Waals surface area contributed by atoms with E-state index in [2.05, 4.69) is 15.0 Å². The van der Waals surface area contributed by atoms with Crippen molar-refractivity contribution < 1.29 is 29.4 Å². The number of carbonyl (C=O) groups excluding carboxylic acids is 1. The third-order valence-electron chi connectivity index (χ3n) is 2.64. The van der Waals surface area contributed by atoms with Crippen molar-refractivity contribution in [3.63, 3.8) is 0 Å². The van der Waals surface area contributed by atoms with Crippen LogP contribution in [0.4, 0.5) is 0 Å². The van der Waals surface area contributed by atoms with Crippen molar-refractivity contribution in [2.75, 3.05) is 0 Å². The van der Waals surface area contributed by atoms with Gasteiger partial charge in [-0.25, -0.2) is 0 Å². The van der Waals surface area contributed by atoms with Gasteiger partial charge in [-0.15, -0.1) is 0 Å². The van der Waals surface area contributed by atoms with Crippen LogP contribution in [0.1, 0.15) is 13.8 Å². The maximum atomic E-state index is 10.0. The molecular weight excluding hydrogens is 381 g/mol. The molecule has 3 aromatic rings. The number of aliphatic hydroxyl groups excluding tert-OH is 1. The van der Waals surface area contributed by atoms with E-state index in [1.165, 1.54) is 19.9 Å². The van der Waals surface area contributed by atoms with E-state index in [0.717, 1.165) is 16.7 Å². The topological polar surface area (TPSA) is 77.2 Å². The first-order valence-corrected chi connectivity index (χ1v) is 6.75. The van der Waals surface area contributed by atoms with Gasteiger partial charge in [0.25, 0.3) is 0 Å². The average molecular weight is 397 g/mol. The fraction of sp³-hybridized carbons (Fsp3) is 0.118. The SMILES string of the molecule is CC(=O)/C=C(/C)O.[Rh].c1ccc(-c2nc3ccccc3[n-]2)nc1. The molecule has 1 radical (unpaired) electrons. The largest absolute Gasteiger partial charge is 0.512 e. The summed E-state index contributed by atoms with van der Waals surface area (Å²) < 4.78 is 0. The number of aliphatic hydroxyl groups is 1. The number of benzene rings is 1. The second-order valence-electron chi connectivity index (χ2n) is 4.65. The number of ketones is 1. The van der Waals surface area contributed by atoms with E-state index in [1.54, 1.807) is 6.20 Å². The van der Waals surface area contributed by atoms with Crippen LogP contribution in [-0.4, -0.2) is 20.9 Å². The molecule has 0 bridgehead atoms. The molecule has 0 aliphatic heterocycles. The van der Waals surface area contributed by atoms with Gasteiger partial charge in [-0.05, 0) is 42.8 Å². The quantitative estimate of drug-likeness (QED) is 0.408. The van der Waals surface area contributed by atoms with Gasteiger partial charge >= 0.3 is 0 Å². The predicted octanol–water partition coefficient (Wildman–Crippen LogP) is 3.29. The third-order valence-corrected chi connectivity index (χ3v) is 2.64. The number of imidazole rings is 1. The van der Waals surface area contributed by atoms with Gasteiger partial charge in [0.2, 0.25) is 0 Å². The molecule has 0 unspecified atom stereocenters. The maximum Gasteiger partial charge on any atom is 0.155 e. The third kappa shape index (κ3) is 5.76. The Morgan fingerprint density at radius 1 is 1.13 bits per heavy atom. The molecule has 0 amide bonds. The van der Waals surface area contributed by atoms with E-state index in [4.69, 9.17) is 5.11 Å². The van der Waals surface area contributed by atoms with Gasteiger partial charge in [0.15, 0.2) is 5.78 Å². The Hall–Kier alpha value is -2.33. The minimum absolute atomic E-state index is 0. The van der Waals surface area contributed by atoms with Gasteiger partial charge in [-0.1, -0.05) is 30.3 Å². The van der Waals surface area contributed by atoms with E-state index >= 15 is 0 Å².